The van der Waals surface area contributed by atoms with Crippen molar-refractivity contribution in [2.45, 2.75) is 38.3 Å². The normalized spacial score (nSPS) is 20.1. The van der Waals surface area contributed by atoms with Crippen molar-refractivity contribution in [1.29, 1.82) is 0 Å². The van der Waals surface area contributed by atoms with Crippen molar-refractivity contribution in [3.8, 4) is 0 Å². The third-order valence-corrected chi connectivity index (χ3v) is 3.62. The highest BCUT2D eigenvalue weighted by molar-refractivity contribution is 5.85. The Morgan fingerprint density at radius 3 is 2.53 bits per heavy atom. The minimum absolute atomic E-state index is 0.0599. The number of piperidine rings is 1. The SMILES string of the molecule is CN1CC(NC(=O)N(C)C(C)(C)C(=O)O)CCC1=O. The van der Waals surface area contributed by atoms with E-state index in [0.29, 0.717) is 19.4 Å². The monoisotopic (exact) mass is 271 g/mol. The van der Waals surface area contributed by atoms with Gasteiger partial charge in [0, 0.05) is 33.1 Å². The lowest BCUT2D eigenvalue weighted by Crippen LogP contribution is -2.57. The van der Waals surface area contributed by atoms with Gasteiger partial charge in [0.05, 0.1) is 0 Å². The number of carboxylic acid groups (broad SMARTS) is 1. The van der Waals surface area contributed by atoms with Crippen molar-refractivity contribution in [2.24, 2.45) is 0 Å². The fourth-order valence-electron chi connectivity index (χ4n) is 1.80. The smallest absolute Gasteiger partial charge is 0.329 e. The number of hydrogen-bond donors (Lipinski definition) is 2. The molecule has 1 fully saturated rings. The molecule has 108 valence electrons. The molecule has 0 aromatic rings. The molecular formula is C12H21N3O4. The number of likely N-dealkylation sites (tertiary alicyclic amines) is 1. The highest BCUT2D eigenvalue weighted by Crippen LogP contribution is 2.14. The Balaban J connectivity index is 2.60. The van der Waals surface area contributed by atoms with Crippen LogP contribution in [0.2, 0.25) is 0 Å². The molecule has 0 aromatic heterocycles. The van der Waals surface area contributed by atoms with Crippen molar-refractivity contribution < 1.29 is 19.5 Å². The second kappa shape index (κ2) is 5.46. The van der Waals surface area contributed by atoms with Crippen LogP contribution in [0, 0.1) is 0 Å². The van der Waals surface area contributed by atoms with Crippen molar-refractivity contribution in [1.82, 2.24) is 15.1 Å². The molecule has 0 radical (unpaired) electrons. The first-order valence-corrected chi connectivity index (χ1v) is 6.18. The second-order valence-electron chi connectivity index (χ2n) is 5.38. The number of carbonyl (C=O) groups excluding carboxylic acids is 2. The molecule has 7 nitrogen and oxygen atoms in total. The number of hydrogen-bond acceptors (Lipinski definition) is 3. The van der Waals surface area contributed by atoms with Crippen LogP contribution in [0.1, 0.15) is 26.7 Å². The highest BCUT2D eigenvalue weighted by atomic mass is 16.4. The first-order valence-electron chi connectivity index (χ1n) is 6.18. The molecule has 0 spiro atoms. The molecule has 7 heteroatoms. The van der Waals surface area contributed by atoms with E-state index in [2.05, 4.69) is 5.32 Å². The summed E-state index contributed by atoms with van der Waals surface area (Å²) in [7, 11) is 3.13. The van der Waals surface area contributed by atoms with Gasteiger partial charge >= 0.3 is 12.0 Å². The van der Waals surface area contributed by atoms with Gasteiger partial charge in [-0.15, -0.1) is 0 Å². The summed E-state index contributed by atoms with van der Waals surface area (Å²) in [6.45, 7) is 3.38. The fourth-order valence-corrected chi connectivity index (χ4v) is 1.80. The van der Waals surface area contributed by atoms with Gasteiger partial charge in [-0.25, -0.2) is 9.59 Å². The lowest BCUT2D eigenvalue weighted by atomic mass is 10.0. The zero-order valence-electron chi connectivity index (χ0n) is 11.8. The molecule has 0 aliphatic carbocycles. The van der Waals surface area contributed by atoms with Gasteiger partial charge in [0.1, 0.15) is 5.54 Å². The summed E-state index contributed by atoms with van der Waals surface area (Å²) in [6, 6.07) is -0.581. The summed E-state index contributed by atoms with van der Waals surface area (Å²) in [5.74, 6) is -1.01. The lowest BCUT2D eigenvalue weighted by molar-refractivity contribution is -0.146. The molecular weight excluding hydrogens is 250 g/mol. The van der Waals surface area contributed by atoms with Crippen LogP contribution in [0.3, 0.4) is 0 Å². The minimum atomic E-state index is -1.28. The largest absolute Gasteiger partial charge is 0.480 e. The van der Waals surface area contributed by atoms with Gasteiger partial charge in [0.15, 0.2) is 0 Å². The number of rotatable bonds is 3. The van der Waals surface area contributed by atoms with E-state index in [1.807, 2.05) is 0 Å². The zero-order valence-corrected chi connectivity index (χ0v) is 11.8. The van der Waals surface area contributed by atoms with Crippen LogP contribution >= 0.6 is 0 Å². The average molecular weight is 271 g/mol. The van der Waals surface area contributed by atoms with E-state index in [0.717, 1.165) is 4.90 Å². The minimum Gasteiger partial charge on any atom is -0.480 e. The molecule has 0 saturated carbocycles. The van der Waals surface area contributed by atoms with Crippen LogP contribution < -0.4 is 5.32 Å². The average Bonchev–Trinajstić information content (AvgIpc) is 2.32. The van der Waals surface area contributed by atoms with Crippen LogP contribution in [0.25, 0.3) is 0 Å². The van der Waals surface area contributed by atoms with Crippen molar-refractivity contribution >= 4 is 17.9 Å². The van der Waals surface area contributed by atoms with Gasteiger partial charge in [-0.3, -0.25) is 4.79 Å². The number of urea groups is 1. The van der Waals surface area contributed by atoms with E-state index >= 15 is 0 Å². The number of carbonyl (C=O) groups is 3. The second-order valence-corrected chi connectivity index (χ2v) is 5.38. The summed E-state index contributed by atoms with van der Waals surface area (Å²) in [4.78, 5) is 37.1. The van der Waals surface area contributed by atoms with E-state index in [9.17, 15) is 14.4 Å². The maximum absolute atomic E-state index is 12.0. The molecule has 19 heavy (non-hydrogen) atoms. The first kappa shape index (κ1) is 15.3. The number of nitrogens with zero attached hydrogens (tertiary/aromatic N) is 2. The third-order valence-electron chi connectivity index (χ3n) is 3.62. The van der Waals surface area contributed by atoms with E-state index < -0.39 is 17.5 Å². The van der Waals surface area contributed by atoms with Crippen molar-refractivity contribution in [2.75, 3.05) is 20.6 Å². The molecule has 0 aromatic carbocycles. The summed E-state index contributed by atoms with van der Waals surface area (Å²) in [6.07, 6.45) is 0.976. The molecule has 1 rings (SSSR count). The molecule has 0 bridgehead atoms. The van der Waals surface area contributed by atoms with Gasteiger partial charge in [-0.05, 0) is 20.3 Å². The Morgan fingerprint density at radius 2 is 2.05 bits per heavy atom. The maximum Gasteiger partial charge on any atom is 0.329 e. The summed E-state index contributed by atoms with van der Waals surface area (Å²) >= 11 is 0. The van der Waals surface area contributed by atoms with Gasteiger partial charge < -0.3 is 20.2 Å². The summed E-state index contributed by atoms with van der Waals surface area (Å²) in [5.41, 5.74) is -1.28. The zero-order chi connectivity index (χ0) is 14.8. The number of likely N-dealkylation sites (N-methyl/N-ethyl adjacent to an activating group) is 2. The Labute approximate surface area is 112 Å². The number of amides is 3. The van der Waals surface area contributed by atoms with Crippen LogP contribution in [-0.2, 0) is 9.59 Å². The number of carboxylic acids is 1. The van der Waals surface area contributed by atoms with Crippen LogP contribution in [0.4, 0.5) is 4.79 Å². The molecule has 2 N–H and O–H groups in total. The number of aliphatic carboxylic acids is 1. The van der Waals surface area contributed by atoms with E-state index in [1.54, 1.807) is 11.9 Å². The number of nitrogens with one attached hydrogen (secondary N) is 1. The Hall–Kier alpha value is -1.79. The van der Waals surface area contributed by atoms with E-state index in [-0.39, 0.29) is 11.9 Å². The van der Waals surface area contributed by atoms with Crippen LogP contribution in [-0.4, -0.2) is 65.0 Å². The predicted molar refractivity (Wildman–Crippen MR) is 68.7 cm³/mol. The first-order chi connectivity index (χ1) is 8.66. The van der Waals surface area contributed by atoms with Gasteiger partial charge in [-0.1, -0.05) is 0 Å². The Kier molecular flexibility index (Phi) is 4.39. The van der Waals surface area contributed by atoms with Crippen molar-refractivity contribution in [3.05, 3.63) is 0 Å². The van der Waals surface area contributed by atoms with E-state index in [1.165, 1.54) is 20.9 Å². The molecule has 1 atom stereocenters. The quantitative estimate of drug-likeness (QED) is 0.762. The van der Waals surface area contributed by atoms with Crippen LogP contribution in [0.15, 0.2) is 0 Å². The molecule has 1 saturated heterocycles. The van der Waals surface area contributed by atoms with Gasteiger partial charge in [-0.2, -0.15) is 0 Å². The standard InChI is InChI=1S/C12H21N3O4/c1-12(2,10(17)18)15(4)11(19)13-8-5-6-9(16)14(3)7-8/h8H,5-7H2,1-4H3,(H,13,19)(H,17,18). The van der Waals surface area contributed by atoms with E-state index in [4.69, 9.17) is 5.11 Å². The molecule has 3 amide bonds. The molecule has 1 heterocycles. The lowest BCUT2D eigenvalue weighted by Gasteiger charge is -2.35. The predicted octanol–water partition coefficient (Wildman–Crippen LogP) is 0.112. The molecule has 1 unspecified atom stereocenters. The maximum atomic E-state index is 12.0. The fraction of sp³-hybridized carbons (Fsp3) is 0.750. The Bertz CT molecular complexity index is 394. The van der Waals surface area contributed by atoms with Crippen molar-refractivity contribution in [3.63, 3.8) is 0 Å². The molecule has 1 aliphatic heterocycles. The highest BCUT2D eigenvalue weighted by Gasteiger charge is 2.36. The Morgan fingerprint density at radius 1 is 1.47 bits per heavy atom. The topological polar surface area (TPSA) is 90.0 Å². The summed E-state index contributed by atoms with van der Waals surface area (Å²) in [5, 5.41) is 11.8. The van der Waals surface area contributed by atoms with Gasteiger partial charge in [0.25, 0.3) is 0 Å². The van der Waals surface area contributed by atoms with Crippen LogP contribution in [0.5, 0.6) is 0 Å². The molecule has 1 aliphatic rings. The van der Waals surface area contributed by atoms with Gasteiger partial charge in [0.2, 0.25) is 5.91 Å². The third kappa shape index (κ3) is 3.36. The summed E-state index contributed by atoms with van der Waals surface area (Å²) < 4.78 is 0.